The first-order valence-corrected chi connectivity index (χ1v) is 5.10. The second kappa shape index (κ2) is 3.17. The Labute approximate surface area is 93.1 Å². The molecule has 0 radical (unpaired) electrons. The van der Waals surface area contributed by atoms with Crippen LogP contribution in [-0.2, 0) is 4.74 Å². The minimum absolute atomic E-state index is 0.368. The first kappa shape index (κ1) is 10.4. The first-order valence-electron chi connectivity index (χ1n) is 4.65. The molecule has 2 aromatic rings. The van der Waals surface area contributed by atoms with Gasteiger partial charge in [0.2, 0.25) is 0 Å². The molecular weight excluding hydrogens is 212 g/mol. The molecule has 2 aromatic heterocycles. The Kier molecular flexibility index (Phi) is 2.19. The highest BCUT2D eigenvalue weighted by Crippen LogP contribution is 2.30. The van der Waals surface area contributed by atoms with Gasteiger partial charge in [-0.1, -0.05) is 0 Å². The highest BCUT2D eigenvalue weighted by molar-refractivity contribution is 7.80. The van der Waals surface area contributed by atoms with Crippen molar-refractivity contribution >= 4 is 29.8 Å². The number of carbonyl (C=O) groups excluding carboxylic acids is 1. The molecule has 4 heteroatoms. The van der Waals surface area contributed by atoms with Crippen LogP contribution in [0.2, 0.25) is 0 Å². The maximum absolute atomic E-state index is 11.7. The fraction of sp³-hybridized carbons (Fsp3) is 0.364. The van der Waals surface area contributed by atoms with E-state index in [4.69, 9.17) is 9.15 Å². The highest BCUT2D eigenvalue weighted by atomic mass is 32.1. The Morgan fingerprint density at radius 2 is 2.07 bits per heavy atom. The summed E-state index contributed by atoms with van der Waals surface area (Å²) in [6.45, 7) is 5.48. The second-order valence-electron chi connectivity index (χ2n) is 4.42. The van der Waals surface area contributed by atoms with E-state index in [1.165, 1.54) is 0 Å². The van der Waals surface area contributed by atoms with Crippen molar-refractivity contribution < 1.29 is 13.9 Å². The van der Waals surface area contributed by atoms with Gasteiger partial charge in [0.05, 0.1) is 4.90 Å². The van der Waals surface area contributed by atoms with Gasteiger partial charge in [-0.25, -0.2) is 4.79 Å². The molecule has 3 nitrogen and oxygen atoms in total. The van der Waals surface area contributed by atoms with Gasteiger partial charge in [0.1, 0.15) is 16.7 Å². The van der Waals surface area contributed by atoms with Gasteiger partial charge >= 0.3 is 5.97 Å². The van der Waals surface area contributed by atoms with Gasteiger partial charge < -0.3 is 9.15 Å². The maximum atomic E-state index is 11.7. The summed E-state index contributed by atoms with van der Waals surface area (Å²) in [6.07, 6.45) is 0. The van der Waals surface area contributed by atoms with E-state index in [9.17, 15) is 4.79 Å². The van der Waals surface area contributed by atoms with Gasteiger partial charge in [-0.2, -0.15) is 0 Å². The van der Waals surface area contributed by atoms with Gasteiger partial charge in [-0.3, -0.25) is 0 Å². The molecular formula is C11H12O3S. The van der Waals surface area contributed by atoms with Crippen molar-refractivity contribution in [1.82, 2.24) is 0 Å². The Bertz CT molecular complexity index is 493. The number of thiol groups is 1. The van der Waals surface area contributed by atoms with Gasteiger partial charge in [0.25, 0.3) is 0 Å². The lowest BCUT2D eigenvalue weighted by Gasteiger charge is -2.18. The zero-order valence-electron chi connectivity index (χ0n) is 8.83. The Balaban J connectivity index is 2.31. The van der Waals surface area contributed by atoms with Crippen LogP contribution in [0, 0.1) is 0 Å². The topological polar surface area (TPSA) is 39.4 Å². The van der Waals surface area contributed by atoms with E-state index in [1.807, 2.05) is 20.8 Å². The summed E-state index contributed by atoms with van der Waals surface area (Å²) >= 11 is 4.19. The van der Waals surface area contributed by atoms with Crippen molar-refractivity contribution in [3.63, 3.8) is 0 Å². The molecule has 0 N–H and O–H groups in total. The molecule has 0 saturated heterocycles. The largest absolute Gasteiger partial charge is 0.456 e. The number of fused-ring (bicyclic) bond motifs is 2. The number of hydrogen-bond donors (Lipinski definition) is 1. The summed E-state index contributed by atoms with van der Waals surface area (Å²) in [4.78, 5) is 12.4. The third-order valence-electron chi connectivity index (χ3n) is 1.88. The predicted molar refractivity (Wildman–Crippen MR) is 59.8 cm³/mol. The number of furan rings is 2. The molecule has 0 aliphatic rings. The lowest BCUT2D eigenvalue weighted by atomic mass is 10.2. The molecule has 0 atom stereocenters. The van der Waals surface area contributed by atoms with Crippen LogP contribution in [0.15, 0.2) is 21.4 Å². The molecule has 80 valence electrons. The van der Waals surface area contributed by atoms with Gasteiger partial charge in [-0.05, 0) is 32.9 Å². The third kappa shape index (κ3) is 1.95. The van der Waals surface area contributed by atoms with E-state index in [2.05, 4.69) is 12.6 Å². The minimum atomic E-state index is -0.495. The Morgan fingerprint density at radius 1 is 1.40 bits per heavy atom. The van der Waals surface area contributed by atoms with Gasteiger partial charge in [-0.15, -0.1) is 12.6 Å². The van der Waals surface area contributed by atoms with E-state index in [0.717, 1.165) is 0 Å². The number of esters is 1. The van der Waals surface area contributed by atoms with Crippen LogP contribution in [-0.4, -0.2) is 11.6 Å². The van der Waals surface area contributed by atoms with Crippen LogP contribution < -0.4 is 0 Å². The van der Waals surface area contributed by atoms with Crippen molar-refractivity contribution in [3.05, 3.63) is 17.7 Å². The van der Waals surface area contributed by atoms with E-state index in [0.29, 0.717) is 21.6 Å². The normalized spacial score (nSPS) is 12.3. The molecule has 0 amide bonds. The van der Waals surface area contributed by atoms with Crippen LogP contribution in [0.5, 0.6) is 0 Å². The summed E-state index contributed by atoms with van der Waals surface area (Å²) in [5.41, 5.74) is 1.11. The van der Waals surface area contributed by atoms with E-state index in [-0.39, 0.29) is 5.97 Å². The van der Waals surface area contributed by atoms with Gasteiger partial charge in [0, 0.05) is 0 Å². The monoisotopic (exact) mass is 224 g/mol. The van der Waals surface area contributed by atoms with Crippen LogP contribution in [0.3, 0.4) is 0 Å². The molecule has 0 spiro atoms. The third-order valence-corrected chi connectivity index (χ3v) is 2.21. The number of ether oxygens (including phenoxy) is 1. The average Bonchev–Trinajstić information content (AvgIpc) is 2.58. The van der Waals surface area contributed by atoms with Crippen molar-refractivity contribution in [3.8, 4) is 0 Å². The lowest BCUT2D eigenvalue weighted by Crippen LogP contribution is -2.23. The quantitative estimate of drug-likeness (QED) is 0.597. The Morgan fingerprint density at radius 3 is 2.53 bits per heavy atom. The van der Waals surface area contributed by atoms with E-state index >= 15 is 0 Å². The summed E-state index contributed by atoms with van der Waals surface area (Å²) in [7, 11) is 0. The predicted octanol–water partition coefficient (Wildman–Crippen LogP) is 3.11. The molecule has 2 rings (SSSR count). The zero-order chi connectivity index (χ0) is 11.2. The van der Waals surface area contributed by atoms with E-state index < -0.39 is 5.60 Å². The fourth-order valence-electron chi connectivity index (χ4n) is 1.36. The molecule has 0 aliphatic heterocycles. The smallest absolute Gasteiger partial charge is 0.342 e. The number of hydrogen-bond acceptors (Lipinski definition) is 4. The van der Waals surface area contributed by atoms with Crippen molar-refractivity contribution in [2.45, 2.75) is 31.3 Å². The first-order chi connectivity index (χ1) is 6.87. The van der Waals surface area contributed by atoms with Crippen LogP contribution in [0.4, 0.5) is 0 Å². The minimum Gasteiger partial charge on any atom is -0.456 e. The summed E-state index contributed by atoms with van der Waals surface area (Å²) in [6, 6.07) is 3.44. The maximum Gasteiger partial charge on any atom is 0.342 e. The average molecular weight is 224 g/mol. The zero-order valence-corrected chi connectivity index (χ0v) is 9.72. The van der Waals surface area contributed by atoms with Crippen LogP contribution >= 0.6 is 12.6 Å². The van der Waals surface area contributed by atoms with Crippen molar-refractivity contribution in [2.24, 2.45) is 0 Å². The molecule has 0 aliphatic carbocycles. The standard InChI is InChI=1S/C11H12O3S/c1-11(2,3)14-10(12)7-4-6-5-8(15)9(7)13-6/h4-5,15H,1-3H3. The molecule has 0 aromatic carbocycles. The second-order valence-corrected chi connectivity index (χ2v) is 4.90. The molecule has 0 saturated carbocycles. The van der Waals surface area contributed by atoms with Crippen LogP contribution in [0.1, 0.15) is 31.1 Å². The summed E-state index contributed by atoms with van der Waals surface area (Å²) in [5, 5.41) is 0. The van der Waals surface area contributed by atoms with E-state index in [1.54, 1.807) is 12.1 Å². The van der Waals surface area contributed by atoms with Crippen molar-refractivity contribution in [1.29, 1.82) is 0 Å². The fourth-order valence-corrected chi connectivity index (χ4v) is 1.65. The van der Waals surface area contributed by atoms with Crippen molar-refractivity contribution in [2.75, 3.05) is 0 Å². The van der Waals surface area contributed by atoms with Gasteiger partial charge in [0.15, 0.2) is 5.58 Å². The SMILES string of the molecule is CC(C)(C)OC(=O)c1cc2cc(S)c1o2. The molecule has 15 heavy (non-hydrogen) atoms. The summed E-state index contributed by atoms with van der Waals surface area (Å²) < 4.78 is 10.5. The molecule has 2 bridgehead atoms. The Hall–Kier alpha value is -1.16. The number of benzene rings is 1. The van der Waals surface area contributed by atoms with Crippen LogP contribution in [0.25, 0.3) is 11.2 Å². The molecule has 0 fully saturated rings. The number of rotatable bonds is 1. The number of carbonyl (C=O) groups is 1. The summed E-state index contributed by atoms with van der Waals surface area (Å²) in [5.74, 6) is -0.368. The lowest BCUT2D eigenvalue weighted by molar-refractivity contribution is 0.00714. The molecule has 0 unspecified atom stereocenters. The highest BCUT2D eigenvalue weighted by Gasteiger charge is 2.23. The molecule has 2 heterocycles.